The number of anilines is 1. The maximum absolute atomic E-state index is 6.25. The Bertz CT molecular complexity index is 425. The van der Waals surface area contributed by atoms with Crippen molar-refractivity contribution >= 4 is 17.3 Å². The first kappa shape index (κ1) is 15.7. The topological polar surface area (TPSA) is 29.3 Å². The van der Waals surface area contributed by atoms with Crippen LogP contribution in [0.3, 0.4) is 0 Å². The van der Waals surface area contributed by atoms with Crippen LogP contribution in [-0.2, 0) is 6.42 Å². The lowest BCUT2D eigenvalue weighted by molar-refractivity contribution is 0.534. The second-order valence-electron chi connectivity index (χ2n) is 6.30. The van der Waals surface area contributed by atoms with Crippen molar-refractivity contribution < 1.29 is 0 Å². The van der Waals surface area contributed by atoms with Crippen LogP contribution in [-0.4, -0.2) is 19.1 Å². The Morgan fingerprint density at radius 3 is 2.60 bits per heavy atom. The first-order valence-corrected chi connectivity index (χ1v) is 8.24. The summed E-state index contributed by atoms with van der Waals surface area (Å²) in [6.45, 7) is 6.36. The van der Waals surface area contributed by atoms with Gasteiger partial charge in [0.2, 0.25) is 0 Å². The van der Waals surface area contributed by atoms with Crippen LogP contribution in [0.2, 0.25) is 5.02 Å². The molecule has 0 saturated heterocycles. The first-order valence-electron chi connectivity index (χ1n) is 7.87. The van der Waals surface area contributed by atoms with Crippen molar-refractivity contribution in [3.05, 3.63) is 28.8 Å². The molecule has 112 valence electrons. The minimum atomic E-state index is 0.653. The quantitative estimate of drug-likeness (QED) is 0.850. The summed E-state index contributed by atoms with van der Waals surface area (Å²) in [6, 6.07) is 6.94. The van der Waals surface area contributed by atoms with E-state index in [1.54, 1.807) is 0 Å². The summed E-state index contributed by atoms with van der Waals surface area (Å²) in [5.74, 6) is 0.653. The molecule has 3 heteroatoms. The smallest absolute Gasteiger partial charge is 0.0426 e. The largest absolute Gasteiger partial charge is 0.368 e. The lowest BCUT2D eigenvalue weighted by Crippen LogP contribution is -2.37. The summed E-state index contributed by atoms with van der Waals surface area (Å²) in [7, 11) is 0. The lowest BCUT2D eigenvalue weighted by Gasteiger charge is -2.34. The zero-order valence-electron chi connectivity index (χ0n) is 12.7. The molecule has 2 rings (SSSR count). The van der Waals surface area contributed by atoms with Crippen LogP contribution in [0.15, 0.2) is 18.2 Å². The highest BCUT2D eigenvalue weighted by Crippen LogP contribution is 2.33. The summed E-state index contributed by atoms with van der Waals surface area (Å²) in [4.78, 5) is 2.59. The molecule has 1 aromatic carbocycles. The zero-order valence-corrected chi connectivity index (χ0v) is 13.5. The second-order valence-corrected chi connectivity index (χ2v) is 6.73. The van der Waals surface area contributed by atoms with E-state index in [2.05, 4.69) is 30.9 Å². The van der Waals surface area contributed by atoms with E-state index in [1.807, 2.05) is 6.07 Å². The third kappa shape index (κ3) is 3.89. The van der Waals surface area contributed by atoms with Crippen molar-refractivity contribution in [2.24, 2.45) is 11.7 Å². The highest BCUT2D eigenvalue weighted by molar-refractivity contribution is 6.30. The van der Waals surface area contributed by atoms with Crippen LogP contribution < -0.4 is 10.6 Å². The predicted octanol–water partition coefficient (Wildman–Crippen LogP) is 4.25. The van der Waals surface area contributed by atoms with Gasteiger partial charge in [-0.2, -0.15) is 0 Å². The molecule has 2 N–H and O–H groups in total. The molecule has 1 aliphatic carbocycles. The number of nitrogens with zero attached hydrogens (tertiary/aromatic N) is 1. The van der Waals surface area contributed by atoms with E-state index >= 15 is 0 Å². The summed E-state index contributed by atoms with van der Waals surface area (Å²) in [6.07, 6.45) is 6.24. The highest BCUT2D eigenvalue weighted by atomic mass is 35.5. The molecule has 1 saturated carbocycles. The lowest BCUT2D eigenvalue weighted by atomic mass is 10.0. The third-order valence-electron chi connectivity index (χ3n) is 4.10. The van der Waals surface area contributed by atoms with E-state index in [4.69, 9.17) is 17.3 Å². The molecular formula is C17H27ClN2. The van der Waals surface area contributed by atoms with Crippen LogP contribution in [0.5, 0.6) is 0 Å². The molecule has 0 atom stereocenters. The van der Waals surface area contributed by atoms with Gasteiger partial charge in [-0.3, -0.25) is 0 Å². The molecule has 1 fully saturated rings. The molecule has 0 amide bonds. The third-order valence-corrected chi connectivity index (χ3v) is 4.33. The maximum atomic E-state index is 6.25. The molecule has 20 heavy (non-hydrogen) atoms. The molecule has 0 spiro atoms. The van der Waals surface area contributed by atoms with Crippen molar-refractivity contribution in [2.75, 3.05) is 18.0 Å². The van der Waals surface area contributed by atoms with Crippen molar-refractivity contribution in [3.63, 3.8) is 0 Å². The Hall–Kier alpha value is -0.730. The first-order chi connectivity index (χ1) is 9.61. The SMILES string of the molecule is CC(C)CN(c1cc(Cl)ccc1CCN)C1CCCC1. The fourth-order valence-corrected chi connectivity index (χ4v) is 3.39. The van der Waals surface area contributed by atoms with Crippen LogP contribution >= 0.6 is 11.6 Å². The molecule has 0 heterocycles. The normalized spacial score (nSPS) is 16.1. The molecule has 1 aliphatic rings. The minimum Gasteiger partial charge on any atom is -0.368 e. The Labute approximate surface area is 128 Å². The van der Waals surface area contributed by atoms with Crippen molar-refractivity contribution in [2.45, 2.75) is 52.0 Å². The minimum absolute atomic E-state index is 0.653. The van der Waals surface area contributed by atoms with E-state index in [9.17, 15) is 0 Å². The van der Waals surface area contributed by atoms with E-state index in [0.717, 1.165) is 18.0 Å². The van der Waals surface area contributed by atoms with Gasteiger partial charge in [-0.05, 0) is 49.4 Å². The number of benzene rings is 1. The Morgan fingerprint density at radius 1 is 1.30 bits per heavy atom. The van der Waals surface area contributed by atoms with E-state index in [1.165, 1.54) is 36.9 Å². The average molecular weight is 295 g/mol. The summed E-state index contributed by atoms with van der Waals surface area (Å²) >= 11 is 6.25. The van der Waals surface area contributed by atoms with Gasteiger partial charge in [-0.15, -0.1) is 0 Å². The van der Waals surface area contributed by atoms with Gasteiger partial charge in [0, 0.05) is 23.3 Å². The summed E-state index contributed by atoms with van der Waals surface area (Å²) in [5.41, 5.74) is 8.42. The van der Waals surface area contributed by atoms with Gasteiger partial charge in [0.05, 0.1) is 0 Å². The Kier molecular flexibility index (Phi) is 5.74. The van der Waals surface area contributed by atoms with Crippen LogP contribution in [0.25, 0.3) is 0 Å². The van der Waals surface area contributed by atoms with Crippen molar-refractivity contribution in [1.29, 1.82) is 0 Å². The van der Waals surface area contributed by atoms with Gasteiger partial charge in [0.1, 0.15) is 0 Å². The number of nitrogens with two attached hydrogens (primary N) is 1. The van der Waals surface area contributed by atoms with Crippen LogP contribution in [0.4, 0.5) is 5.69 Å². The summed E-state index contributed by atoms with van der Waals surface area (Å²) in [5, 5.41) is 0.826. The number of hydrogen-bond acceptors (Lipinski definition) is 2. The van der Waals surface area contributed by atoms with E-state index in [0.29, 0.717) is 18.5 Å². The van der Waals surface area contributed by atoms with Crippen molar-refractivity contribution in [3.8, 4) is 0 Å². The molecule has 2 nitrogen and oxygen atoms in total. The number of rotatable bonds is 6. The average Bonchev–Trinajstić information content (AvgIpc) is 2.92. The molecule has 0 aromatic heterocycles. The van der Waals surface area contributed by atoms with Gasteiger partial charge < -0.3 is 10.6 Å². The molecule has 0 aliphatic heterocycles. The van der Waals surface area contributed by atoms with Gasteiger partial charge >= 0.3 is 0 Å². The number of halogens is 1. The number of hydrogen-bond donors (Lipinski definition) is 1. The zero-order chi connectivity index (χ0) is 14.5. The standard InChI is InChI=1S/C17H27ClN2/c1-13(2)12-20(16-5-3-4-6-16)17-11-15(18)8-7-14(17)9-10-19/h7-8,11,13,16H,3-6,9-10,12,19H2,1-2H3. The van der Waals surface area contributed by atoms with Crippen LogP contribution in [0.1, 0.15) is 45.1 Å². The highest BCUT2D eigenvalue weighted by Gasteiger charge is 2.25. The van der Waals surface area contributed by atoms with Crippen molar-refractivity contribution in [1.82, 2.24) is 0 Å². The van der Waals surface area contributed by atoms with Gasteiger partial charge in [-0.25, -0.2) is 0 Å². The predicted molar refractivity (Wildman–Crippen MR) is 88.7 cm³/mol. The molecule has 0 unspecified atom stereocenters. The Morgan fingerprint density at radius 2 is 2.00 bits per heavy atom. The monoisotopic (exact) mass is 294 g/mol. The Balaban J connectivity index is 2.32. The fourth-order valence-electron chi connectivity index (χ4n) is 3.22. The van der Waals surface area contributed by atoms with Gasteiger partial charge in [0.15, 0.2) is 0 Å². The van der Waals surface area contributed by atoms with Crippen LogP contribution in [0, 0.1) is 5.92 Å². The van der Waals surface area contributed by atoms with E-state index < -0.39 is 0 Å². The maximum Gasteiger partial charge on any atom is 0.0426 e. The molecule has 0 bridgehead atoms. The second kappa shape index (κ2) is 7.33. The van der Waals surface area contributed by atoms with E-state index in [-0.39, 0.29) is 0 Å². The summed E-state index contributed by atoms with van der Waals surface area (Å²) < 4.78 is 0. The van der Waals surface area contributed by atoms with Gasteiger partial charge in [0.25, 0.3) is 0 Å². The molecular weight excluding hydrogens is 268 g/mol. The molecule has 1 aromatic rings. The fraction of sp³-hybridized carbons (Fsp3) is 0.647. The molecule has 0 radical (unpaired) electrons. The van der Waals surface area contributed by atoms with Gasteiger partial charge in [-0.1, -0.05) is 44.4 Å².